The van der Waals surface area contributed by atoms with Crippen molar-refractivity contribution in [1.82, 2.24) is 15.5 Å². The lowest BCUT2D eigenvalue weighted by molar-refractivity contribution is -0.126. The van der Waals surface area contributed by atoms with E-state index in [2.05, 4.69) is 24.5 Å². The fraction of sp³-hybridized carbons (Fsp3) is 0.619. The van der Waals surface area contributed by atoms with Gasteiger partial charge < -0.3 is 10.6 Å². The molecule has 1 aromatic rings. The Bertz CT molecular complexity index is 564. The Balaban J connectivity index is 2.66. The Morgan fingerprint density at radius 1 is 1.04 bits per heavy atom. The quantitative estimate of drug-likeness (QED) is 0.710. The molecule has 0 radical (unpaired) electrons. The molecule has 0 fully saturated rings. The molecular formula is C21H35N3O2. The van der Waals surface area contributed by atoms with Crippen LogP contribution in [0, 0.1) is 5.92 Å². The number of likely N-dealkylation sites (N-methyl/N-ethyl adjacent to an activating group) is 1. The average Bonchev–Trinajstić information content (AvgIpc) is 2.52. The predicted molar refractivity (Wildman–Crippen MR) is 107 cm³/mol. The number of hydrogen-bond acceptors (Lipinski definition) is 3. The van der Waals surface area contributed by atoms with Crippen LogP contribution in [0.15, 0.2) is 30.3 Å². The van der Waals surface area contributed by atoms with E-state index in [1.54, 1.807) is 0 Å². The number of nitrogens with zero attached hydrogens (tertiary/aromatic N) is 1. The van der Waals surface area contributed by atoms with Gasteiger partial charge in [-0.2, -0.15) is 0 Å². The summed E-state index contributed by atoms with van der Waals surface area (Å²) in [4.78, 5) is 26.5. The summed E-state index contributed by atoms with van der Waals surface area (Å²) >= 11 is 0. The molecule has 1 aromatic carbocycles. The summed E-state index contributed by atoms with van der Waals surface area (Å²) in [5.41, 5.74) is 0.845. The van der Waals surface area contributed by atoms with Gasteiger partial charge in [0.05, 0.1) is 19.1 Å². The first-order chi connectivity index (χ1) is 12.1. The van der Waals surface area contributed by atoms with Crippen molar-refractivity contribution in [3.05, 3.63) is 35.9 Å². The zero-order valence-corrected chi connectivity index (χ0v) is 17.1. The van der Waals surface area contributed by atoms with Gasteiger partial charge in [-0.3, -0.25) is 14.5 Å². The molecule has 146 valence electrons. The van der Waals surface area contributed by atoms with Crippen LogP contribution in [-0.4, -0.2) is 41.9 Å². The minimum absolute atomic E-state index is 0.00851. The summed E-state index contributed by atoms with van der Waals surface area (Å²) in [5, 5.41) is 6.08. The predicted octanol–water partition coefficient (Wildman–Crippen LogP) is 3.13. The first kappa shape index (κ1) is 22.2. The van der Waals surface area contributed by atoms with Gasteiger partial charge in [-0.25, -0.2) is 0 Å². The molecule has 0 bridgehead atoms. The van der Waals surface area contributed by atoms with Crippen molar-refractivity contribution in [2.45, 2.75) is 59.5 Å². The van der Waals surface area contributed by atoms with Gasteiger partial charge >= 0.3 is 0 Å². The van der Waals surface area contributed by atoms with E-state index in [4.69, 9.17) is 0 Å². The Morgan fingerprint density at radius 3 is 2.12 bits per heavy atom. The topological polar surface area (TPSA) is 61.4 Å². The van der Waals surface area contributed by atoms with Crippen molar-refractivity contribution in [2.24, 2.45) is 5.92 Å². The first-order valence-electron chi connectivity index (χ1n) is 9.48. The molecule has 2 N–H and O–H groups in total. The van der Waals surface area contributed by atoms with Crippen LogP contribution < -0.4 is 10.6 Å². The number of carbonyl (C=O) groups excluding carboxylic acids is 2. The van der Waals surface area contributed by atoms with Gasteiger partial charge in [-0.05, 0) is 45.2 Å². The van der Waals surface area contributed by atoms with Crippen LogP contribution in [0.5, 0.6) is 0 Å². The molecular weight excluding hydrogens is 326 g/mol. The van der Waals surface area contributed by atoms with Gasteiger partial charge in [0, 0.05) is 5.54 Å². The molecule has 26 heavy (non-hydrogen) atoms. The van der Waals surface area contributed by atoms with E-state index in [1.165, 1.54) is 0 Å². The number of hydrogen-bond donors (Lipinski definition) is 2. The van der Waals surface area contributed by atoms with E-state index in [0.29, 0.717) is 12.5 Å². The highest BCUT2D eigenvalue weighted by Crippen LogP contribution is 2.20. The number of rotatable bonds is 9. The van der Waals surface area contributed by atoms with E-state index in [-0.39, 0.29) is 36.5 Å². The maximum absolute atomic E-state index is 12.6. The van der Waals surface area contributed by atoms with E-state index in [0.717, 1.165) is 12.0 Å². The second kappa shape index (κ2) is 10.3. The van der Waals surface area contributed by atoms with Crippen molar-refractivity contribution in [1.29, 1.82) is 0 Å². The molecule has 0 unspecified atom stereocenters. The van der Waals surface area contributed by atoms with E-state index < -0.39 is 0 Å². The maximum Gasteiger partial charge on any atom is 0.234 e. The fourth-order valence-electron chi connectivity index (χ4n) is 2.82. The molecule has 0 heterocycles. The van der Waals surface area contributed by atoms with E-state index in [9.17, 15) is 9.59 Å². The maximum atomic E-state index is 12.6. The highest BCUT2D eigenvalue weighted by Gasteiger charge is 2.20. The molecule has 0 aromatic heterocycles. The molecule has 1 rings (SSSR count). The molecule has 0 saturated carbocycles. The minimum Gasteiger partial charge on any atom is -0.350 e. The Morgan fingerprint density at radius 2 is 1.62 bits per heavy atom. The second-order valence-electron chi connectivity index (χ2n) is 8.26. The SMILES string of the molecule is CCN(CC(=O)N[C@H](CC(C)C)c1ccccc1)CC(=O)NC(C)(C)C. The van der Waals surface area contributed by atoms with Gasteiger partial charge in [-0.15, -0.1) is 0 Å². The van der Waals surface area contributed by atoms with Gasteiger partial charge in [-0.1, -0.05) is 51.1 Å². The highest BCUT2D eigenvalue weighted by molar-refractivity contribution is 5.81. The third-order valence-corrected chi connectivity index (χ3v) is 3.94. The summed E-state index contributed by atoms with van der Waals surface area (Å²) in [7, 11) is 0. The monoisotopic (exact) mass is 361 g/mol. The van der Waals surface area contributed by atoms with Gasteiger partial charge in [0.1, 0.15) is 0 Å². The normalized spacial score (nSPS) is 12.9. The summed E-state index contributed by atoms with van der Waals surface area (Å²) in [5.74, 6) is 0.360. The van der Waals surface area contributed by atoms with Crippen LogP contribution in [0.2, 0.25) is 0 Å². The summed E-state index contributed by atoms with van der Waals surface area (Å²) in [6.07, 6.45) is 0.881. The van der Waals surface area contributed by atoms with Crippen molar-refractivity contribution in [3.63, 3.8) is 0 Å². The summed E-state index contributed by atoms with van der Waals surface area (Å²) in [6.45, 7) is 13.2. The molecule has 2 amide bonds. The lowest BCUT2D eigenvalue weighted by atomic mass is 9.97. The van der Waals surface area contributed by atoms with Crippen LogP contribution >= 0.6 is 0 Å². The number of amides is 2. The molecule has 5 nitrogen and oxygen atoms in total. The number of carbonyl (C=O) groups is 2. The number of benzene rings is 1. The third kappa shape index (κ3) is 8.99. The third-order valence-electron chi connectivity index (χ3n) is 3.94. The number of nitrogens with one attached hydrogen (secondary N) is 2. The van der Waals surface area contributed by atoms with Crippen molar-refractivity contribution in [2.75, 3.05) is 19.6 Å². The van der Waals surface area contributed by atoms with E-state index in [1.807, 2.05) is 62.9 Å². The summed E-state index contributed by atoms with van der Waals surface area (Å²) < 4.78 is 0. The summed E-state index contributed by atoms with van der Waals surface area (Å²) in [6, 6.07) is 10.0. The van der Waals surface area contributed by atoms with Crippen LogP contribution in [0.1, 0.15) is 59.6 Å². The van der Waals surface area contributed by atoms with Gasteiger partial charge in [0.25, 0.3) is 0 Å². The van der Waals surface area contributed by atoms with Crippen LogP contribution in [0.4, 0.5) is 0 Å². The van der Waals surface area contributed by atoms with Gasteiger partial charge in [0.2, 0.25) is 11.8 Å². The van der Waals surface area contributed by atoms with Crippen LogP contribution in [0.3, 0.4) is 0 Å². The molecule has 0 spiro atoms. The zero-order chi connectivity index (χ0) is 19.7. The molecule has 0 saturated heterocycles. The largest absolute Gasteiger partial charge is 0.350 e. The molecule has 0 aliphatic rings. The lowest BCUT2D eigenvalue weighted by Gasteiger charge is -2.26. The Labute approximate surface area is 158 Å². The average molecular weight is 362 g/mol. The van der Waals surface area contributed by atoms with E-state index >= 15 is 0 Å². The van der Waals surface area contributed by atoms with Gasteiger partial charge in [0.15, 0.2) is 0 Å². The molecule has 0 aliphatic heterocycles. The fourth-order valence-corrected chi connectivity index (χ4v) is 2.82. The Kier molecular flexibility index (Phi) is 8.79. The smallest absolute Gasteiger partial charge is 0.234 e. The van der Waals surface area contributed by atoms with Crippen molar-refractivity contribution < 1.29 is 9.59 Å². The second-order valence-corrected chi connectivity index (χ2v) is 8.26. The standard InChI is InChI=1S/C21H35N3O2/c1-7-24(15-20(26)23-21(4,5)6)14-19(25)22-18(13-16(2)3)17-11-9-8-10-12-17/h8-12,16,18H,7,13-15H2,1-6H3,(H,22,25)(H,23,26)/t18-/m1/s1. The minimum atomic E-state index is -0.269. The lowest BCUT2D eigenvalue weighted by Crippen LogP contribution is -2.48. The molecule has 1 atom stereocenters. The Hall–Kier alpha value is -1.88. The van der Waals surface area contributed by atoms with Crippen LogP contribution in [0.25, 0.3) is 0 Å². The zero-order valence-electron chi connectivity index (χ0n) is 17.1. The van der Waals surface area contributed by atoms with Crippen molar-refractivity contribution in [3.8, 4) is 0 Å². The first-order valence-corrected chi connectivity index (χ1v) is 9.48. The van der Waals surface area contributed by atoms with Crippen LogP contribution in [-0.2, 0) is 9.59 Å². The van der Waals surface area contributed by atoms with Crippen molar-refractivity contribution >= 4 is 11.8 Å². The molecule has 0 aliphatic carbocycles. The molecule has 5 heteroatoms. The highest BCUT2D eigenvalue weighted by atomic mass is 16.2.